The third-order valence-electron chi connectivity index (χ3n) is 5.07. The Kier molecular flexibility index (Phi) is 7.24. The Hall–Kier alpha value is -1.30. The normalized spacial score (nSPS) is 22.0. The highest BCUT2D eigenvalue weighted by molar-refractivity contribution is 7.99. The molecule has 0 amide bonds. The summed E-state index contributed by atoms with van der Waals surface area (Å²) in [6.07, 6.45) is 2.00. The number of allylic oxidation sites excluding steroid dienone is 2. The van der Waals surface area contributed by atoms with E-state index in [2.05, 4.69) is 11.9 Å². The smallest absolute Gasteiger partial charge is 0.315 e. The maximum absolute atomic E-state index is 13.0. The van der Waals surface area contributed by atoms with E-state index >= 15 is 0 Å². The van der Waals surface area contributed by atoms with Crippen molar-refractivity contribution in [1.29, 1.82) is 0 Å². The van der Waals surface area contributed by atoms with Gasteiger partial charge in [0.25, 0.3) is 0 Å². The number of rotatable bonds is 6. The number of ketones is 1. The minimum absolute atomic E-state index is 0.0490. The van der Waals surface area contributed by atoms with E-state index in [0.717, 1.165) is 35.6 Å². The Balaban J connectivity index is 2.00. The lowest BCUT2D eigenvalue weighted by molar-refractivity contribution is -0.145. The van der Waals surface area contributed by atoms with Crippen molar-refractivity contribution in [3.05, 3.63) is 45.1 Å². The molecular weight excluding hydrogens is 417 g/mol. The summed E-state index contributed by atoms with van der Waals surface area (Å²) in [4.78, 5) is 30.4. The first-order chi connectivity index (χ1) is 13.4. The monoisotopic (exact) mass is 439 g/mol. The van der Waals surface area contributed by atoms with Crippen molar-refractivity contribution in [3.63, 3.8) is 0 Å². The Morgan fingerprint density at radius 2 is 2.07 bits per heavy atom. The van der Waals surface area contributed by atoms with Crippen LogP contribution >= 0.6 is 35.0 Å². The average Bonchev–Trinajstić information content (AvgIpc) is 2.66. The Morgan fingerprint density at radius 3 is 2.79 bits per heavy atom. The molecule has 2 aliphatic rings. The van der Waals surface area contributed by atoms with Crippen LogP contribution in [0.1, 0.15) is 44.6 Å². The van der Waals surface area contributed by atoms with Crippen molar-refractivity contribution in [1.82, 2.24) is 0 Å². The number of hydrogen-bond donors (Lipinski definition) is 0. The summed E-state index contributed by atoms with van der Waals surface area (Å²) in [7, 11) is 0. The average molecular weight is 440 g/mol. The Labute approximate surface area is 179 Å². The lowest BCUT2D eigenvalue weighted by atomic mass is 9.72. The van der Waals surface area contributed by atoms with E-state index in [1.165, 1.54) is 0 Å². The molecule has 28 heavy (non-hydrogen) atoms. The molecule has 4 nitrogen and oxygen atoms in total. The predicted molar refractivity (Wildman–Crippen MR) is 116 cm³/mol. The number of carbonyl (C=O) groups excluding carboxylic acids is 2. The number of hydrogen-bond acceptors (Lipinski definition) is 5. The first-order valence-electron chi connectivity index (χ1n) is 9.44. The van der Waals surface area contributed by atoms with E-state index in [0.29, 0.717) is 34.4 Å². The molecular formula is C21H23Cl2NO3S. The third kappa shape index (κ3) is 4.47. The second-order valence-corrected chi connectivity index (χ2v) is 9.09. The van der Waals surface area contributed by atoms with E-state index in [4.69, 9.17) is 27.9 Å². The fourth-order valence-electron chi connectivity index (χ4n) is 3.81. The van der Waals surface area contributed by atoms with Crippen molar-refractivity contribution in [2.75, 3.05) is 18.1 Å². The van der Waals surface area contributed by atoms with Gasteiger partial charge < -0.3 is 4.74 Å². The lowest BCUT2D eigenvalue weighted by Crippen LogP contribution is -2.37. The van der Waals surface area contributed by atoms with Gasteiger partial charge in [-0.05, 0) is 43.2 Å². The van der Waals surface area contributed by atoms with Gasteiger partial charge in [0.05, 0.1) is 10.0 Å². The van der Waals surface area contributed by atoms with Gasteiger partial charge in [0.2, 0.25) is 0 Å². The van der Waals surface area contributed by atoms with Crippen molar-refractivity contribution in [3.8, 4) is 0 Å². The second kappa shape index (κ2) is 9.47. The number of benzene rings is 1. The zero-order valence-corrected chi connectivity index (χ0v) is 18.3. The zero-order valence-electron chi connectivity index (χ0n) is 16.0. The Bertz CT molecular complexity index is 850. The van der Waals surface area contributed by atoms with Crippen LogP contribution in [0.2, 0.25) is 10.0 Å². The molecule has 0 bridgehead atoms. The van der Waals surface area contributed by atoms with Crippen LogP contribution in [-0.2, 0) is 14.3 Å². The summed E-state index contributed by atoms with van der Waals surface area (Å²) >= 11 is 14.0. The minimum Gasteiger partial charge on any atom is -0.464 e. The van der Waals surface area contributed by atoms with Gasteiger partial charge in [-0.2, -0.15) is 11.8 Å². The summed E-state index contributed by atoms with van der Waals surface area (Å²) in [6, 6.07) is 5.28. The zero-order chi connectivity index (χ0) is 20.3. The molecule has 0 radical (unpaired) electrons. The van der Waals surface area contributed by atoms with E-state index in [1.54, 1.807) is 23.9 Å². The van der Waals surface area contributed by atoms with E-state index in [-0.39, 0.29) is 11.8 Å². The van der Waals surface area contributed by atoms with Gasteiger partial charge in [-0.1, -0.05) is 36.2 Å². The molecule has 0 saturated carbocycles. The molecule has 1 unspecified atom stereocenters. The SMILES string of the molecule is CCSCCOC(=O)C1C(C)=NC2=C(C(=O)CCC2)[C@H]1c1ccc(Cl)c(Cl)c1. The second-order valence-electron chi connectivity index (χ2n) is 6.88. The molecule has 1 aliphatic heterocycles. The van der Waals surface area contributed by atoms with Gasteiger partial charge in [0.1, 0.15) is 12.5 Å². The molecule has 0 spiro atoms. The molecule has 150 valence electrons. The molecule has 2 atom stereocenters. The summed E-state index contributed by atoms with van der Waals surface area (Å²) in [5.74, 6) is 0.339. The highest BCUT2D eigenvalue weighted by atomic mass is 35.5. The number of aliphatic imine (C=N–C) groups is 1. The van der Waals surface area contributed by atoms with Crippen molar-refractivity contribution in [2.45, 2.75) is 39.0 Å². The van der Waals surface area contributed by atoms with E-state index in [1.807, 2.05) is 13.0 Å². The summed E-state index contributed by atoms with van der Waals surface area (Å²) in [5, 5.41) is 0.836. The topological polar surface area (TPSA) is 55.7 Å². The number of halogens is 2. The first-order valence-corrected chi connectivity index (χ1v) is 11.4. The van der Waals surface area contributed by atoms with Crippen LogP contribution in [0.5, 0.6) is 0 Å². The van der Waals surface area contributed by atoms with Gasteiger partial charge >= 0.3 is 5.97 Å². The van der Waals surface area contributed by atoms with Gasteiger partial charge in [0.15, 0.2) is 5.78 Å². The van der Waals surface area contributed by atoms with Crippen LogP contribution < -0.4 is 0 Å². The van der Waals surface area contributed by atoms with Crippen LogP contribution in [0.25, 0.3) is 0 Å². The summed E-state index contributed by atoms with van der Waals surface area (Å²) < 4.78 is 5.54. The molecule has 0 saturated heterocycles. The number of carbonyl (C=O) groups is 2. The van der Waals surface area contributed by atoms with Crippen LogP contribution in [-0.4, -0.2) is 35.6 Å². The van der Waals surface area contributed by atoms with Crippen molar-refractivity contribution < 1.29 is 14.3 Å². The van der Waals surface area contributed by atoms with Crippen LogP contribution in [0.3, 0.4) is 0 Å². The molecule has 1 aromatic rings. The maximum Gasteiger partial charge on any atom is 0.315 e. The number of thioether (sulfide) groups is 1. The molecule has 0 N–H and O–H groups in total. The van der Waals surface area contributed by atoms with Gasteiger partial charge in [-0.15, -0.1) is 0 Å². The summed E-state index contributed by atoms with van der Waals surface area (Å²) in [5.41, 5.74) is 2.88. The van der Waals surface area contributed by atoms with Gasteiger partial charge in [-0.3, -0.25) is 14.6 Å². The number of Topliss-reactive ketones (excluding diaryl/α,β-unsaturated/α-hetero) is 1. The maximum atomic E-state index is 13.0. The van der Waals surface area contributed by atoms with E-state index < -0.39 is 11.8 Å². The fourth-order valence-corrected chi connectivity index (χ4v) is 4.61. The Morgan fingerprint density at radius 1 is 1.29 bits per heavy atom. The minimum atomic E-state index is -0.635. The third-order valence-corrected chi connectivity index (χ3v) is 6.67. The largest absolute Gasteiger partial charge is 0.464 e. The molecule has 0 aromatic heterocycles. The van der Waals surface area contributed by atoms with Crippen LogP contribution in [0.4, 0.5) is 0 Å². The predicted octanol–water partition coefficient (Wildman–Crippen LogP) is 5.47. The molecule has 1 aromatic carbocycles. The van der Waals surface area contributed by atoms with Gasteiger partial charge in [-0.25, -0.2) is 0 Å². The molecule has 3 rings (SSSR count). The highest BCUT2D eigenvalue weighted by Gasteiger charge is 2.43. The van der Waals surface area contributed by atoms with Crippen molar-refractivity contribution >= 4 is 52.4 Å². The molecule has 1 heterocycles. The van der Waals surface area contributed by atoms with Crippen molar-refractivity contribution in [2.24, 2.45) is 10.9 Å². The quantitative estimate of drug-likeness (QED) is 0.435. The molecule has 0 fully saturated rings. The van der Waals surface area contributed by atoms with Crippen LogP contribution in [0, 0.1) is 5.92 Å². The van der Waals surface area contributed by atoms with Crippen LogP contribution in [0.15, 0.2) is 34.5 Å². The highest BCUT2D eigenvalue weighted by Crippen LogP contribution is 2.44. The standard InChI is InChI=1S/C21H23Cl2NO3S/c1-3-28-10-9-27-21(26)18-12(2)24-16-5-4-6-17(25)20(16)19(18)13-7-8-14(22)15(23)11-13/h7-8,11,18-19H,3-6,9-10H2,1-2H3/t18?,19-/m0/s1. The van der Waals surface area contributed by atoms with E-state index in [9.17, 15) is 9.59 Å². The van der Waals surface area contributed by atoms with Gasteiger partial charge in [0, 0.05) is 35.1 Å². The fraction of sp³-hybridized carbons (Fsp3) is 0.476. The number of esters is 1. The number of nitrogens with zero attached hydrogens (tertiary/aromatic N) is 1. The molecule has 7 heteroatoms. The lowest BCUT2D eigenvalue weighted by Gasteiger charge is -2.34. The first kappa shape index (κ1) is 21.4. The molecule has 1 aliphatic carbocycles. The number of ether oxygens (including phenoxy) is 1. The summed E-state index contributed by atoms with van der Waals surface area (Å²) in [6.45, 7) is 4.24.